The molecule has 1 aromatic heterocycles. The first-order valence-corrected chi connectivity index (χ1v) is 10.2. The molecular formula is C18H21N3O4S2. The van der Waals surface area contributed by atoms with Gasteiger partial charge in [0.1, 0.15) is 6.61 Å². The van der Waals surface area contributed by atoms with E-state index >= 15 is 0 Å². The van der Waals surface area contributed by atoms with Gasteiger partial charge in [-0.15, -0.1) is 11.3 Å². The van der Waals surface area contributed by atoms with Crippen LogP contribution in [-0.2, 0) is 16.0 Å². The van der Waals surface area contributed by atoms with Gasteiger partial charge in [-0.3, -0.25) is 9.59 Å². The summed E-state index contributed by atoms with van der Waals surface area (Å²) in [6, 6.07) is 7.50. The molecule has 144 valence electrons. The first-order valence-electron chi connectivity index (χ1n) is 8.42. The molecule has 0 radical (unpaired) electrons. The molecule has 2 N–H and O–H groups in total. The second-order valence-corrected chi connectivity index (χ2v) is 8.50. The highest BCUT2D eigenvalue weighted by Gasteiger charge is 2.24. The van der Waals surface area contributed by atoms with Crippen molar-refractivity contribution < 1.29 is 19.1 Å². The molecule has 2 heterocycles. The van der Waals surface area contributed by atoms with Crippen LogP contribution in [0, 0.1) is 6.92 Å². The van der Waals surface area contributed by atoms with Crippen LogP contribution in [-0.4, -0.2) is 53.8 Å². The summed E-state index contributed by atoms with van der Waals surface area (Å²) in [4.78, 5) is 30.4. The Balaban J connectivity index is 1.49. The number of carbonyl (C=O) groups is 2. The number of para-hydroxylation sites is 2. The van der Waals surface area contributed by atoms with Gasteiger partial charge in [0, 0.05) is 11.9 Å². The monoisotopic (exact) mass is 407 g/mol. The Bertz CT molecular complexity index is 840. The molecule has 0 spiro atoms. The van der Waals surface area contributed by atoms with Crippen molar-refractivity contribution in [1.82, 2.24) is 9.88 Å². The minimum atomic E-state index is -0.384. The first kappa shape index (κ1) is 19.5. The SMILES string of the molecule is Cc1nc(SCC(=O)N(C)C[C@H]2COc3ccccc3O2)sc1CC(N)=O. The van der Waals surface area contributed by atoms with Gasteiger partial charge >= 0.3 is 0 Å². The molecule has 2 aromatic rings. The fraction of sp³-hybridized carbons (Fsp3) is 0.389. The summed E-state index contributed by atoms with van der Waals surface area (Å²) >= 11 is 2.77. The summed E-state index contributed by atoms with van der Waals surface area (Å²) in [6.45, 7) is 2.69. The van der Waals surface area contributed by atoms with Crippen LogP contribution >= 0.6 is 23.1 Å². The van der Waals surface area contributed by atoms with Gasteiger partial charge in [-0.2, -0.15) is 0 Å². The lowest BCUT2D eigenvalue weighted by atomic mass is 10.2. The average molecular weight is 408 g/mol. The number of amides is 2. The number of nitrogens with two attached hydrogens (primary N) is 1. The van der Waals surface area contributed by atoms with Gasteiger partial charge in [-0.05, 0) is 19.1 Å². The third-order valence-electron chi connectivity index (χ3n) is 4.00. The van der Waals surface area contributed by atoms with Crippen LogP contribution in [0.5, 0.6) is 11.5 Å². The van der Waals surface area contributed by atoms with Gasteiger partial charge in [-0.25, -0.2) is 4.98 Å². The number of thioether (sulfide) groups is 1. The van der Waals surface area contributed by atoms with Crippen LogP contribution in [0.1, 0.15) is 10.6 Å². The van der Waals surface area contributed by atoms with Gasteiger partial charge in [0.15, 0.2) is 21.9 Å². The number of benzene rings is 1. The second-order valence-electron chi connectivity index (χ2n) is 6.19. The van der Waals surface area contributed by atoms with E-state index in [9.17, 15) is 9.59 Å². The molecule has 0 saturated carbocycles. The summed E-state index contributed by atoms with van der Waals surface area (Å²) in [5.41, 5.74) is 6.02. The topological polar surface area (TPSA) is 94.8 Å². The molecule has 3 rings (SSSR count). The van der Waals surface area contributed by atoms with Crippen LogP contribution < -0.4 is 15.2 Å². The van der Waals surface area contributed by atoms with Gasteiger partial charge < -0.3 is 20.1 Å². The lowest BCUT2D eigenvalue weighted by molar-refractivity contribution is -0.128. The van der Waals surface area contributed by atoms with Crippen LogP contribution in [0.4, 0.5) is 0 Å². The highest BCUT2D eigenvalue weighted by atomic mass is 32.2. The summed E-state index contributed by atoms with van der Waals surface area (Å²) in [5, 5.41) is 0. The molecular weight excluding hydrogens is 386 g/mol. The molecule has 1 aromatic carbocycles. The zero-order valence-electron chi connectivity index (χ0n) is 15.1. The normalized spacial score (nSPS) is 15.4. The number of thiazole rings is 1. The average Bonchev–Trinajstić information content (AvgIpc) is 2.98. The standard InChI is InChI=1S/C18H21N3O4S2/c1-11-15(7-16(19)22)27-18(20-11)26-10-17(23)21(2)8-12-9-24-13-5-3-4-6-14(13)25-12/h3-6,12H,7-10H2,1-2H3,(H2,19,22)/t12-/m0/s1. The second kappa shape index (κ2) is 8.62. The third-order valence-corrected chi connectivity index (χ3v) is 6.28. The number of fused-ring (bicyclic) bond motifs is 1. The molecule has 0 fully saturated rings. The molecule has 0 aliphatic carbocycles. The zero-order chi connectivity index (χ0) is 19.4. The molecule has 1 aliphatic rings. The lowest BCUT2D eigenvalue weighted by Gasteiger charge is -2.29. The van der Waals surface area contributed by atoms with Crippen molar-refractivity contribution >= 4 is 34.9 Å². The summed E-state index contributed by atoms with van der Waals surface area (Å²) in [7, 11) is 1.75. The lowest BCUT2D eigenvalue weighted by Crippen LogP contribution is -2.42. The van der Waals surface area contributed by atoms with Gasteiger partial charge in [0.2, 0.25) is 11.8 Å². The van der Waals surface area contributed by atoms with E-state index in [1.54, 1.807) is 11.9 Å². The maximum absolute atomic E-state index is 12.4. The Morgan fingerprint density at radius 3 is 2.85 bits per heavy atom. The van der Waals surface area contributed by atoms with E-state index < -0.39 is 0 Å². The zero-order valence-corrected chi connectivity index (χ0v) is 16.8. The van der Waals surface area contributed by atoms with E-state index in [-0.39, 0.29) is 30.1 Å². The smallest absolute Gasteiger partial charge is 0.232 e. The Hall–Kier alpha value is -2.26. The van der Waals surface area contributed by atoms with Gasteiger partial charge in [0.25, 0.3) is 0 Å². The van der Waals surface area contributed by atoms with Crippen LogP contribution in [0.3, 0.4) is 0 Å². The van der Waals surface area contributed by atoms with Crippen LogP contribution in [0.25, 0.3) is 0 Å². The predicted octanol–water partition coefficient (Wildman–Crippen LogP) is 1.87. The van der Waals surface area contributed by atoms with Gasteiger partial charge in [-0.1, -0.05) is 23.9 Å². The van der Waals surface area contributed by atoms with Crippen LogP contribution in [0.2, 0.25) is 0 Å². The number of carbonyl (C=O) groups excluding carboxylic acids is 2. The molecule has 1 atom stereocenters. The number of primary amides is 1. The number of ether oxygens (including phenoxy) is 2. The highest BCUT2D eigenvalue weighted by molar-refractivity contribution is 8.01. The van der Waals surface area contributed by atoms with Crippen molar-refractivity contribution in [2.24, 2.45) is 5.73 Å². The molecule has 1 aliphatic heterocycles. The molecule has 0 saturated heterocycles. The Morgan fingerprint density at radius 2 is 2.11 bits per heavy atom. The summed E-state index contributed by atoms with van der Waals surface area (Å²) in [6.07, 6.45) is -0.0265. The Labute approximate surface area is 165 Å². The van der Waals surface area contributed by atoms with E-state index in [0.717, 1.165) is 20.7 Å². The van der Waals surface area contributed by atoms with Crippen molar-refractivity contribution in [3.8, 4) is 11.5 Å². The largest absolute Gasteiger partial charge is 0.486 e. The Morgan fingerprint density at radius 1 is 1.37 bits per heavy atom. The minimum absolute atomic E-state index is 0.0215. The molecule has 7 nitrogen and oxygen atoms in total. The molecule has 0 unspecified atom stereocenters. The Kier molecular flexibility index (Phi) is 6.22. The fourth-order valence-electron chi connectivity index (χ4n) is 2.58. The maximum Gasteiger partial charge on any atom is 0.232 e. The van der Waals surface area contributed by atoms with E-state index in [1.165, 1.54) is 23.1 Å². The van der Waals surface area contributed by atoms with E-state index in [2.05, 4.69) is 4.98 Å². The first-order chi connectivity index (χ1) is 12.9. The van der Waals surface area contributed by atoms with Gasteiger partial charge in [0.05, 0.1) is 24.4 Å². The van der Waals surface area contributed by atoms with E-state index in [1.807, 2.05) is 31.2 Å². The number of hydrogen-bond acceptors (Lipinski definition) is 7. The summed E-state index contributed by atoms with van der Waals surface area (Å²) < 4.78 is 12.3. The number of aryl methyl sites for hydroxylation is 1. The van der Waals surface area contributed by atoms with Crippen molar-refractivity contribution in [2.75, 3.05) is 26.0 Å². The van der Waals surface area contributed by atoms with Crippen molar-refractivity contribution in [1.29, 1.82) is 0 Å². The molecule has 27 heavy (non-hydrogen) atoms. The molecule has 0 bridgehead atoms. The fourth-order valence-corrected chi connectivity index (χ4v) is 4.76. The number of nitrogens with zero attached hydrogens (tertiary/aromatic N) is 2. The van der Waals surface area contributed by atoms with E-state index in [4.69, 9.17) is 15.2 Å². The number of rotatable bonds is 7. The molecule has 9 heteroatoms. The highest BCUT2D eigenvalue weighted by Crippen LogP contribution is 2.31. The minimum Gasteiger partial charge on any atom is -0.486 e. The number of likely N-dealkylation sites (N-methyl/N-ethyl adjacent to an activating group) is 1. The van der Waals surface area contributed by atoms with Crippen molar-refractivity contribution in [2.45, 2.75) is 23.8 Å². The quantitative estimate of drug-likeness (QED) is 0.704. The number of aromatic nitrogens is 1. The van der Waals surface area contributed by atoms with Crippen LogP contribution in [0.15, 0.2) is 28.6 Å². The van der Waals surface area contributed by atoms with Crippen molar-refractivity contribution in [3.05, 3.63) is 34.8 Å². The summed E-state index contributed by atoms with van der Waals surface area (Å²) in [5.74, 6) is 1.29. The van der Waals surface area contributed by atoms with Crippen molar-refractivity contribution in [3.63, 3.8) is 0 Å². The maximum atomic E-state index is 12.4. The molecule has 2 amide bonds. The van der Waals surface area contributed by atoms with E-state index in [0.29, 0.717) is 18.9 Å². The predicted molar refractivity (Wildman–Crippen MR) is 104 cm³/mol. The third kappa shape index (κ3) is 5.14. The number of hydrogen-bond donors (Lipinski definition) is 1.